The van der Waals surface area contributed by atoms with Gasteiger partial charge in [0.25, 0.3) is 0 Å². The number of carbonyl (C=O) groups is 2. The molecule has 1 aliphatic heterocycles. The summed E-state index contributed by atoms with van der Waals surface area (Å²) < 4.78 is 0. The highest BCUT2D eigenvalue weighted by Gasteiger charge is 2.27. The summed E-state index contributed by atoms with van der Waals surface area (Å²) >= 11 is 0. The molecule has 0 unspecified atom stereocenters. The summed E-state index contributed by atoms with van der Waals surface area (Å²) in [5.74, 6) is 0.0338. The molecular formula is C23H28N2O2. The maximum absolute atomic E-state index is 12.5. The lowest BCUT2D eigenvalue weighted by atomic mass is 9.90. The number of anilines is 1. The number of hydrogen-bond acceptors (Lipinski definition) is 2. The third kappa shape index (κ3) is 5.19. The first kappa shape index (κ1) is 19.2. The van der Waals surface area contributed by atoms with Crippen molar-refractivity contribution < 1.29 is 9.59 Å². The summed E-state index contributed by atoms with van der Waals surface area (Å²) in [6.45, 7) is 5.54. The van der Waals surface area contributed by atoms with Gasteiger partial charge in [-0.25, -0.2) is 0 Å². The number of nitrogens with zero attached hydrogens (tertiary/aromatic N) is 1. The molecule has 2 aromatic carbocycles. The van der Waals surface area contributed by atoms with Crippen LogP contribution in [-0.2, 0) is 16.0 Å². The van der Waals surface area contributed by atoms with Gasteiger partial charge < -0.3 is 10.2 Å². The molecule has 1 saturated heterocycles. The summed E-state index contributed by atoms with van der Waals surface area (Å²) in [7, 11) is 0. The van der Waals surface area contributed by atoms with Gasteiger partial charge in [-0.2, -0.15) is 0 Å². The van der Waals surface area contributed by atoms with E-state index in [1.165, 1.54) is 11.1 Å². The Balaban J connectivity index is 1.49. The Bertz CT molecular complexity index is 761. The monoisotopic (exact) mass is 364 g/mol. The van der Waals surface area contributed by atoms with Crippen LogP contribution in [0.3, 0.4) is 0 Å². The minimum absolute atomic E-state index is 0.430. The van der Waals surface area contributed by atoms with Crippen molar-refractivity contribution in [2.45, 2.75) is 39.0 Å². The van der Waals surface area contributed by atoms with Crippen LogP contribution in [0.25, 0.3) is 0 Å². The van der Waals surface area contributed by atoms with E-state index in [9.17, 15) is 9.59 Å². The van der Waals surface area contributed by atoms with E-state index in [1.807, 2.05) is 30.3 Å². The second-order valence-corrected chi connectivity index (χ2v) is 7.66. The number of piperidine rings is 1. The van der Waals surface area contributed by atoms with Crippen LogP contribution in [0.5, 0.6) is 0 Å². The van der Waals surface area contributed by atoms with Crippen molar-refractivity contribution in [3.8, 4) is 0 Å². The second-order valence-electron chi connectivity index (χ2n) is 7.66. The smallest absolute Gasteiger partial charge is 0.313 e. The SMILES string of the molecule is CC(C)c1ccc(NC(=O)C(=O)N2CCC(Cc3ccccc3)CC2)cc1. The average Bonchev–Trinajstić information content (AvgIpc) is 2.69. The topological polar surface area (TPSA) is 49.4 Å². The molecule has 2 aromatic rings. The lowest BCUT2D eigenvalue weighted by Crippen LogP contribution is -2.44. The maximum atomic E-state index is 12.5. The molecule has 27 heavy (non-hydrogen) atoms. The summed E-state index contributed by atoms with van der Waals surface area (Å²) in [5, 5.41) is 2.73. The number of likely N-dealkylation sites (tertiary alicyclic amines) is 1. The van der Waals surface area contributed by atoms with Crippen LogP contribution in [0, 0.1) is 5.92 Å². The first-order chi connectivity index (χ1) is 13.0. The Labute approximate surface area is 161 Å². The number of carbonyl (C=O) groups excluding carboxylic acids is 2. The molecule has 3 rings (SSSR count). The molecule has 1 aliphatic rings. The molecule has 0 radical (unpaired) electrons. The molecule has 0 spiro atoms. The van der Waals surface area contributed by atoms with Gasteiger partial charge in [0.2, 0.25) is 0 Å². The van der Waals surface area contributed by atoms with Gasteiger partial charge in [0, 0.05) is 18.8 Å². The first-order valence-electron chi connectivity index (χ1n) is 9.77. The van der Waals surface area contributed by atoms with E-state index in [0.29, 0.717) is 30.6 Å². The van der Waals surface area contributed by atoms with Crippen molar-refractivity contribution in [3.05, 3.63) is 65.7 Å². The summed E-state index contributed by atoms with van der Waals surface area (Å²) in [5.41, 5.74) is 3.21. The van der Waals surface area contributed by atoms with Crippen molar-refractivity contribution in [1.29, 1.82) is 0 Å². The fourth-order valence-electron chi connectivity index (χ4n) is 3.57. The lowest BCUT2D eigenvalue weighted by molar-refractivity contribution is -0.144. The summed E-state index contributed by atoms with van der Waals surface area (Å²) in [6.07, 6.45) is 2.92. The average molecular weight is 364 g/mol. The van der Waals surface area contributed by atoms with Gasteiger partial charge in [-0.15, -0.1) is 0 Å². The van der Waals surface area contributed by atoms with Crippen molar-refractivity contribution in [2.75, 3.05) is 18.4 Å². The number of amides is 2. The van der Waals surface area contributed by atoms with Gasteiger partial charge in [-0.3, -0.25) is 9.59 Å². The van der Waals surface area contributed by atoms with Crippen LogP contribution in [0.1, 0.15) is 43.7 Å². The molecule has 0 atom stereocenters. The van der Waals surface area contributed by atoms with Crippen LogP contribution in [-0.4, -0.2) is 29.8 Å². The molecular weight excluding hydrogens is 336 g/mol. The zero-order valence-corrected chi connectivity index (χ0v) is 16.2. The van der Waals surface area contributed by atoms with Gasteiger partial charge in [-0.1, -0.05) is 56.3 Å². The predicted molar refractivity (Wildman–Crippen MR) is 109 cm³/mol. The van der Waals surface area contributed by atoms with Crippen LogP contribution in [0.4, 0.5) is 5.69 Å². The number of nitrogens with one attached hydrogen (secondary N) is 1. The zero-order valence-electron chi connectivity index (χ0n) is 16.2. The van der Waals surface area contributed by atoms with Crippen LogP contribution >= 0.6 is 0 Å². The molecule has 0 saturated carbocycles. The van der Waals surface area contributed by atoms with Crippen LogP contribution in [0.15, 0.2) is 54.6 Å². The third-order valence-corrected chi connectivity index (χ3v) is 5.30. The number of rotatable bonds is 4. The van der Waals surface area contributed by atoms with E-state index in [2.05, 4.69) is 43.4 Å². The van der Waals surface area contributed by atoms with Gasteiger partial charge in [-0.05, 0) is 54.4 Å². The van der Waals surface area contributed by atoms with E-state index >= 15 is 0 Å². The number of benzene rings is 2. The van der Waals surface area contributed by atoms with Crippen molar-refractivity contribution in [3.63, 3.8) is 0 Å². The van der Waals surface area contributed by atoms with E-state index in [-0.39, 0.29) is 0 Å². The van der Waals surface area contributed by atoms with E-state index in [4.69, 9.17) is 0 Å². The van der Waals surface area contributed by atoms with Crippen LogP contribution < -0.4 is 5.32 Å². The Morgan fingerprint density at radius 1 is 1.00 bits per heavy atom. The van der Waals surface area contributed by atoms with Crippen molar-refractivity contribution in [1.82, 2.24) is 4.90 Å². The van der Waals surface area contributed by atoms with Gasteiger partial charge >= 0.3 is 11.8 Å². The standard InChI is InChI=1S/C23H28N2O2/c1-17(2)20-8-10-21(11-9-20)24-22(26)23(27)25-14-12-19(13-15-25)16-18-6-4-3-5-7-18/h3-11,17,19H,12-16H2,1-2H3,(H,24,26). The Morgan fingerprint density at radius 2 is 1.63 bits per heavy atom. The molecule has 142 valence electrons. The molecule has 4 heteroatoms. The zero-order chi connectivity index (χ0) is 19.2. The highest BCUT2D eigenvalue weighted by Crippen LogP contribution is 2.22. The van der Waals surface area contributed by atoms with Crippen LogP contribution in [0.2, 0.25) is 0 Å². The molecule has 0 aliphatic carbocycles. The third-order valence-electron chi connectivity index (χ3n) is 5.30. The first-order valence-corrected chi connectivity index (χ1v) is 9.77. The molecule has 4 nitrogen and oxygen atoms in total. The highest BCUT2D eigenvalue weighted by atomic mass is 16.2. The van der Waals surface area contributed by atoms with E-state index in [1.54, 1.807) is 4.90 Å². The summed E-state index contributed by atoms with van der Waals surface area (Å²) in [4.78, 5) is 26.4. The summed E-state index contributed by atoms with van der Waals surface area (Å²) in [6, 6.07) is 18.1. The quantitative estimate of drug-likeness (QED) is 0.826. The fraction of sp³-hybridized carbons (Fsp3) is 0.391. The Morgan fingerprint density at radius 3 is 2.22 bits per heavy atom. The fourth-order valence-corrected chi connectivity index (χ4v) is 3.57. The van der Waals surface area contributed by atoms with Crippen molar-refractivity contribution in [2.24, 2.45) is 5.92 Å². The lowest BCUT2D eigenvalue weighted by Gasteiger charge is -2.31. The highest BCUT2D eigenvalue weighted by molar-refractivity contribution is 6.39. The van der Waals surface area contributed by atoms with Gasteiger partial charge in [0.1, 0.15) is 0 Å². The second kappa shape index (κ2) is 8.85. The molecule has 0 aromatic heterocycles. The normalized spacial score (nSPS) is 15.0. The Hall–Kier alpha value is -2.62. The molecule has 0 bridgehead atoms. The molecule has 1 fully saturated rings. The minimum atomic E-state index is -0.547. The number of hydrogen-bond donors (Lipinski definition) is 1. The van der Waals surface area contributed by atoms with E-state index < -0.39 is 11.8 Å². The maximum Gasteiger partial charge on any atom is 0.313 e. The van der Waals surface area contributed by atoms with E-state index in [0.717, 1.165) is 19.3 Å². The van der Waals surface area contributed by atoms with Gasteiger partial charge in [0.15, 0.2) is 0 Å². The predicted octanol–water partition coefficient (Wildman–Crippen LogP) is 4.23. The van der Waals surface area contributed by atoms with Crippen molar-refractivity contribution >= 4 is 17.5 Å². The molecule has 1 heterocycles. The largest absolute Gasteiger partial charge is 0.334 e. The molecule has 2 amide bonds. The minimum Gasteiger partial charge on any atom is -0.334 e. The van der Waals surface area contributed by atoms with Gasteiger partial charge in [0.05, 0.1) is 0 Å². The Kier molecular flexibility index (Phi) is 6.28. The molecule has 1 N–H and O–H groups in total.